The second-order valence-corrected chi connectivity index (χ2v) is 5.70. The number of hydrogen-bond acceptors (Lipinski definition) is 4. The van der Waals surface area contributed by atoms with E-state index < -0.39 is 0 Å². The van der Waals surface area contributed by atoms with Gasteiger partial charge in [0.1, 0.15) is 5.75 Å². The Hall–Kier alpha value is -2.08. The molecule has 0 saturated heterocycles. The molecule has 0 spiro atoms. The highest BCUT2D eigenvalue weighted by Gasteiger charge is 2.13. The number of aromatic hydroxyl groups is 1. The van der Waals surface area contributed by atoms with E-state index in [9.17, 15) is 15.2 Å². The number of hydrogen-bond donors (Lipinski definition) is 2. The summed E-state index contributed by atoms with van der Waals surface area (Å²) in [7, 11) is 0. The van der Waals surface area contributed by atoms with Crippen LogP contribution >= 0.6 is 15.9 Å². The number of halogens is 1. The van der Waals surface area contributed by atoms with Crippen molar-refractivity contribution in [1.82, 2.24) is 0 Å². The van der Waals surface area contributed by atoms with Crippen LogP contribution in [0.1, 0.15) is 16.7 Å². The van der Waals surface area contributed by atoms with Gasteiger partial charge in [0.2, 0.25) is 0 Å². The summed E-state index contributed by atoms with van der Waals surface area (Å²) in [5.41, 5.74) is 3.40. The molecule has 0 bridgehead atoms. The molecule has 6 heteroatoms. The first-order valence-corrected chi connectivity index (χ1v) is 7.14. The number of benzene rings is 2. The topological polar surface area (TPSA) is 75.4 Å². The Labute approximate surface area is 130 Å². The van der Waals surface area contributed by atoms with Gasteiger partial charge in [0.05, 0.1) is 9.40 Å². The SMILES string of the molecule is Cc1cc(C)c([N+](=O)[O-])cc1NCc1ccc(O)c(Br)c1. The molecular formula is C15H15BrN2O3. The van der Waals surface area contributed by atoms with Gasteiger partial charge in [0.25, 0.3) is 5.69 Å². The molecular weight excluding hydrogens is 336 g/mol. The van der Waals surface area contributed by atoms with Gasteiger partial charge in [-0.2, -0.15) is 0 Å². The summed E-state index contributed by atoms with van der Waals surface area (Å²) in [5.74, 6) is 0.181. The van der Waals surface area contributed by atoms with Crippen LogP contribution < -0.4 is 5.32 Å². The van der Waals surface area contributed by atoms with Gasteiger partial charge in [0, 0.05) is 23.9 Å². The van der Waals surface area contributed by atoms with Gasteiger partial charge in [-0.3, -0.25) is 10.1 Å². The highest BCUT2D eigenvalue weighted by atomic mass is 79.9. The van der Waals surface area contributed by atoms with Gasteiger partial charge in [-0.15, -0.1) is 0 Å². The molecule has 0 radical (unpaired) electrons. The molecule has 2 aromatic carbocycles. The number of aryl methyl sites for hydroxylation is 2. The molecule has 21 heavy (non-hydrogen) atoms. The van der Waals surface area contributed by atoms with Crippen LogP contribution in [0.25, 0.3) is 0 Å². The van der Waals surface area contributed by atoms with E-state index in [1.54, 1.807) is 37.3 Å². The molecule has 0 unspecified atom stereocenters. The molecule has 0 saturated carbocycles. The fourth-order valence-corrected chi connectivity index (χ4v) is 2.51. The second kappa shape index (κ2) is 6.13. The van der Waals surface area contributed by atoms with Crippen molar-refractivity contribution in [2.75, 3.05) is 5.32 Å². The van der Waals surface area contributed by atoms with Gasteiger partial charge in [0.15, 0.2) is 0 Å². The molecule has 2 rings (SSSR count). The van der Waals surface area contributed by atoms with Crippen LogP contribution in [0.15, 0.2) is 34.8 Å². The zero-order valence-corrected chi connectivity index (χ0v) is 13.3. The van der Waals surface area contributed by atoms with Crippen molar-refractivity contribution in [3.8, 4) is 5.75 Å². The van der Waals surface area contributed by atoms with Crippen LogP contribution in [0.4, 0.5) is 11.4 Å². The summed E-state index contributed by atoms with van der Waals surface area (Å²) in [6.07, 6.45) is 0. The van der Waals surface area contributed by atoms with Gasteiger partial charge in [-0.25, -0.2) is 0 Å². The van der Waals surface area contributed by atoms with Crippen LogP contribution in [0.2, 0.25) is 0 Å². The molecule has 0 fully saturated rings. The van der Waals surface area contributed by atoms with E-state index in [0.29, 0.717) is 16.6 Å². The highest BCUT2D eigenvalue weighted by Crippen LogP contribution is 2.28. The second-order valence-electron chi connectivity index (χ2n) is 4.85. The van der Waals surface area contributed by atoms with Crippen LogP contribution in [-0.4, -0.2) is 10.0 Å². The molecule has 2 aromatic rings. The summed E-state index contributed by atoms with van der Waals surface area (Å²) >= 11 is 3.26. The van der Waals surface area contributed by atoms with Crippen LogP contribution in [0, 0.1) is 24.0 Å². The maximum absolute atomic E-state index is 11.0. The standard InChI is InChI=1S/C15H15BrN2O3/c1-9-5-10(2)14(18(20)21)7-13(9)17-8-11-3-4-15(19)12(16)6-11/h3-7,17,19H,8H2,1-2H3. The fraction of sp³-hybridized carbons (Fsp3) is 0.200. The number of nitrogens with one attached hydrogen (secondary N) is 1. The highest BCUT2D eigenvalue weighted by molar-refractivity contribution is 9.10. The first kappa shape index (κ1) is 15.3. The molecule has 0 amide bonds. The van der Waals surface area contributed by atoms with E-state index in [-0.39, 0.29) is 16.4 Å². The summed E-state index contributed by atoms with van der Waals surface area (Å²) in [6.45, 7) is 4.15. The Morgan fingerprint density at radius 1 is 1.24 bits per heavy atom. The Morgan fingerprint density at radius 2 is 1.95 bits per heavy atom. The molecule has 0 aliphatic carbocycles. The van der Waals surface area contributed by atoms with Crippen molar-refractivity contribution >= 4 is 27.3 Å². The lowest BCUT2D eigenvalue weighted by molar-refractivity contribution is -0.385. The van der Waals surface area contributed by atoms with E-state index in [1.165, 1.54) is 0 Å². The fourth-order valence-electron chi connectivity index (χ4n) is 2.09. The van der Waals surface area contributed by atoms with Crippen molar-refractivity contribution in [3.63, 3.8) is 0 Å². The maximum atomic E-state index is 11.0. The molecule has 5 nitrogen and oxygen atoms in total. The zero-order chi connectivity index (χ0) is 15.6. The van der Waals surface area contributed by atoms with Crippen LogP contribution in [0.5, 0.6) is 5.75 Å². The number of nitro groups is 1. The molecule has 0 atom stereocenters. The number of rotatable bonds is 4. The summed E-state index contributed by atoms with van der Waals surface area (Å²) in [6, 6.07) is 8.56. The Morgan fingerprint density at radius 3 is 2.57 bits per heavy atom. The third-order valence-corrected chi connectivity index (χ3v) is 3.87. The van der Waals surface area contributed by atoms with Crippen molar-refractivity contribution in [2.24, 2.45) is 0 Å². The largest absolute Gasteiger partial charge is 0.507 e. The lowest BCUT2D eigenvalue weighted by Crippen LogP contribution is -2.03. The molecule has 0 aliphatic heterocycles. The van der Waals surface area contributed by atoms with Gasteiger partial charge in [-0.05, 0) is 59.1 Å². The van der Waals surface area contributed by atoms with Crippen molar-refractivity contribution < 1.29 is 10.0 Å². The Bertz CT molecular complexity index is 702. The van der Waals surface area contributed by atoms with Gasteiger partial charge in [-0.1, -0.05) is 6.07 Å². The monoisotopic (exact) mass is 350 g/mol. The number of phenols is 1. The van der Waals surface area contributed by atoms with E-state index in [1.807, 2.05) is 6.92 Å². The number of nitrogens with zero attached hydrogens (tertiary/aromatic N) is 1. The van der Waals surface area contributed by atoms with Crippen molar-refractivity contribution in [3.05, 3.63) is 61.6 Å². The molecule has 110 valence electrons. The van der Waals surface area contributed by atoms with E-state index >= 15 is 0 Å². The van der Waals surface area contributed by atoms with E-state index in [2.05, 4.69) is 21.2 Å². The Balaban J connectivity index is 2.21. The van der Waals surface area contributed by atoms with Gasteiger partial charge < -0.3 is 10.4 Å². The average molecular weight is 351 g/mol. The lowest BCUT2D eigenvalue weighted by Gasteiger charge is -2.11. The normalized spacial score (nSPS) is 10.4. The Kier molecular flexibility index (Phi) is 4.47. The average Bonchev–Trinajstić information content (AvgIpc) is 2.41. The molecule has 2 N–H and O–H groups in total. The first-order chi connectivity index (χ1) is 9.88. The minimum absolute atomic E-state index is 0.106. The summed E-state index contributed by atoms with van der Waals surface area (Å²) in [5, 5.41) is 23.6. The van der Waals surface area contributed by atoms with E-state index in [4.69, 9.17) is 0 Å². The maximum Gasteiger partial charge on any atom is 0.274 e. The smallest absolute Gasteiger partial charge is 0.274 e. The third kappa shape index (κ3) is 3.52. The summed E-state index contributed by atoms with van der Waals surface area (Å²) in [4.78, 5) is 10.6. The molecule has 0 heterocycles. The van der Waals surface area contributed by atoms with Gasteiger partial charge >= 0.3 is 0 Å². The first-order valence-electron chi connectivity index (χ1n) is 6.35. The quantitative estimate of drug-likeness (QED) is 0.636. The number of nitro benzene ring substituents is 1. The molecule has 0 aliphatic rings. The molecule has 0 aromatic heterocycles. The third-order valence-electron chi connectivity index (χ3n) is 3.23. The number of phenolic OH excluding ortho intramolecular Hbond substituents is 1. The summed E-state index contributed by atoms with van der Waals surface area (Å²) < 4.78 is 0.619. The predicted octanol–water partition coefficient (Wildman–Crippen LogP) is 4.29. The van der Waals surface area contributed by atoms with E-state index in [0.717, 1.165) is 16.8 Å². The van der Waals surface area contributed by atoms with Crippen LogP contribution in [-0.2, 0) is 6.54 Å². The lowest BCUT2D eigenvalue weighted by atomic mass is 10.1. The minimum Gasteiger partial charge on any atom is -0.507 e. The van der Waals surface area contributed by atoms with Crippen LogP contribution in [0.3, 0.4) is 0 Å². The number of anilines is 1. The minimum atomic E-state index is -0.378. The van der Waals surface area contributed by atoms with Crippen molar-refractivity contribution in [2.45, 2.75) is 20.4 Å². The zero-order valence-electron chi connectivity index (χ0n) is 11.7. The van der Waals surface area contributed by atoms with Crippen molar-refractivity contribution in [1.29, 1.82) is 0 Å². The predicted molar refractivity (Wildman–Crippen MR) is 85.7 cm³/mol.